The number of H-pyrrole nitrogens is 1. The van der Waals surface area contributed by atoms with Crippen molar-refractivity contribution < 1.29 is 14.3 Å². The second kappa shape index (κ2) is 13.2. The highest BCUT2D eigenvalue weighted by Crippen LogP contribution is 2.36. The van der Waals surface area contributed by atoms with Crippen molar-refractivity contribution in [3.8, 4) is 5.69 Å². The van der Waals surface area contributed by atoms with E-state index >= 15 is 0 Å². The average molecular weight is 594 g/mol. The molecular formula is C35H39N5O4. The van der Waals surface area contributed by atoms with E-state index in [0.29, 0.717) is 51.6 Å². The van der Waals surface area contributed by atoms with E-state index < -0.39 is 11.5 Å². The minimum absolute atomic E-state index is 0.121. The number of aromatic nitrogens is 2. The average Bonchev–Trinajstić information content (AvgIpc) is 3.29. The summed E-state index contributed by atoms with van der Waals surface area (Å²) in [6, 6.07) is 21.1. The van der Waals surface area contributed by atoms with Gasteiger partial charge in [-0.05, 0) is 93.0 Å². The molecule has 0 aliphatic heterocycles. The first kappa shape index (κ1) is 30.7. The first-order valence-corrected chi connectivity index (χ1v) is 15.1. The number of esters is 1. The van der Waals surface area contributed by atoms with Gasteiger partial charge in [-0.2, -0.15) is 0 Å². The molecule has 2 N–H and O–H groups in total. The first-order chi connectivity index (χ1) is 21.1. The van der Waals surface area contributed by atoms with Gasteiger partial charge >= 0.3 is 5.97 Å². The zero-order valence-corrected chi connectivity index (χ0v) is 25.8. The maximum atomic E-state index is 13.3. The summed E-state index contributed by atoms with van der Waals surface area (Å²) >= 11 is 0. The lowest BCUT2D eigenvalue weighted by Crippen LogP contribution is -2.35. The van der Waals surface area contributed by atoms with Crippen LogP contribution in [0.5, 0.6) is 0 Å². The fourth-order valence-electron chi connectivity index (χ4n) is 5.73. The smallest absolute Gasteiger partial charge is 0.340 e. The van der Waals surface area contributed by atoms with E-state index in [-0.39, 0.29) is 17.7 Å². The Morgan fingerprint density at radius 3 is 2.36 bits per heavy atom. The molecule has 5 rings (SSSR count). The van der Waals surface area contributed by atoms with E-state index in [1.165, 1.54) is 4.68 Å². The Kier molecular flexibility index (Phi) is 9.23. The van der Waals surface area contributed by atoms with Crippen molar-refractivity contribution in [1.29, 1.82) is 0 Å². The molecule has 3 unspecified atom stereocenters. The molecule has 1 saturated carbocycles. The van der Waals surface area contributed by atoms with Crippen LogP contribution in [0.4, 0.5) is 17.1 Å². The zero-order valence-electron chi connectivity index (χ0n) is 25.8. The van der Waals surface area contributed by atoms with Crippen LogP contribution >= 0.6 is 0 Å². The van der Waals surface area contributed by atoms with Crippen molar-refractivity contribution >= 4 is 28.9 Å². The van der Waals surface area contributed by atoms with Crippen molar-refractivity contribution in [2.45, 2.75) is 60.0 Å². The number of nitrogens with zero attached hydrogens (tertiary/aromatic N) is 3. The summed E-state index contributed by atoms with van der Waals surface area (Å²) in [5, 5.41) is 14.5. The summed E-state index contributed by atoms with van der Waals surface area (Å²) in [5.41, 5.74) is 3.67. The Morgan fingerprint density at radius 2 is 1.66 bits per heavy atom. The number of rotatable bonds is 8. The normalized spacial score (nSPS) is 18.5. The summed E-state index contributed by atoms with van der Waals surface area (Å²) in [6.45, 7) is 10.3. The van der Waals surface area contributed by atoms with Gasteiger partial charge in [-0.25, -0.2) is 9.48 Å². The van der Waals surface area contributed by atoms with Crippen LogP contribution in [0.3, 0.4) is 0 Å². The molecule has 4 aromatic rings. The van der Waals surface area contributed by atoms with Gasteiger partial charge in [0.2, 0.25) is 0 Å². The second-order valence-corrected chi connectivity index (χ2v) is 12.1. The van der Waals surface area contributed by atoms with Gasteiger partial charge in [-0.1, -0.05) is 57.0 Å². The number of benzene rings is 3. The van der Waals surface area contributed by atoms with Crippen LogP contribution in [-0.2, 0) is 4.74 Å². The number of ether oxygens (including phenoxy) is 1. The number of carbonyl (C=O) groups excluding carboxylic acids is 2. The molecular weight excluding hydrogens is 554 g/mol. The van der Waals surface area contributed by atoms with E-state index in [1.54, 1.807) is 55.5 Å². The number of anilines is 1. The molecule has 1 aliphatic carbocycles. The maximum Gasteiger partial charge on any atom is 0.340 e. The van der Waals surface area contributed by atoms with Gasteiger partial charge < -0.3 is 10.1 Å². The lowest BCUT2D eigenvalue weighted by Gasteiger charge is -2.36. The maximum absolute atomic E-state index is 13.3. The molecule has 1 amide bonds. The molecule has 1 fully saturated rings. The molecule has 9 nitrogen and oxygen atoms in total. The van der Waals surface area contributed by atoms with Crippen molar-refractivity contribution in [3.63, 3.8) is 0 Å². The number of hydrogen-bond acceptors (Lipinski definition) is 6. The summed E-state index contributed by atoms with van der Waals surface area (Å²) in [7, 11) is 0. The Hall–Kier alpha value is -4.79. The number of carbonyl (C=O) groups is 2. The second-order valence-electron chi connectivity index (χ2n) is 12.1. The van der Waals surface area contributed by atoms with Gasteiger partial charge in [-0.15, -0.1) is 10.2 Å². The lowest BCUT2D eigenvalue weighted by atomic mass is 9.75. The zero-order chi connectivity index (χ0) is 31.4. The minimum Gasteiger partial charge on any atom is -0.458 e. The van der Waals surface area contributed by atoms with E-state index in [2.05, 4.69) is 41.4 Å². The van der Waals surface area contributed by atoms with Crippen LogP contribution in [0.2, 0.25) is 0 Å². The quantitative estimate of drug-likeness (QED) is 0.159. The van der Waals surface area contributed by atoms with Crippen molar-refractivity contribution in [3.05, 3.63) is 106 Å². The molecule has 1 aromatic heterocycles. The molecule has 1 heterocycles. The number of aryl methyl sites for hydroxylation is 2. The molecule has 0 spiro atoms. The predicted octanol–water partition coefficient (Wildman–Crippen LogP) is 8.07. The Bertz CT molecular complexity index is 1720. The monoisotopic (exact) mass is 593 g/mol. The highest BCUT2D eigenvalue weighted by atomic mass is 16.5. The van der Waals surface area contributed by atoms with Crippen LogP contribution in [-0.4, -0.2) is 27.8 Å². The third-order valence-electron chi connectivity index (χ3n) is 8.34. The van der Waals surface area contributed by atoms with Crippen molar-refractivity contribution in [2.75, 3.05) is 5.32 Å². The van der Waals surface area contributed by atoms with E-state index in [4.69, 9.17) is 4.74 Å². The van der Waals surface area contributed by atoms with Gasteiger partial charge in [0.25, 0.3) is 11.5 Å². The molecule has 44 heavy (non-hydrogen) atoms. The number of nitrogens with one attached hydrogen (secondary N) is 2. The van der Waals surface area contributed by atoms with Gasteiger partial charge in [0.1, 0.15) is 11.8 Å². The largest absolute Gasteiger partial charge is 0.458 e. The third-order valence-corrected chi connectivity index (χ3v) is 8.34. The fourth-order valence-corrected chi connectivity index (χ4v) is 5.73. The molecule has 0 saturated heterocycles. The Balaban J connectivity index is 1.32. The van der Waals surface area contributed by atoms with Gasteiger partial charge in [0, 0.05) is 11.3 Å². The molecule has 228 valence electrons. The minimum atomic E-state index is -0.431. The van der Waals surface area contributed by atoms with Crippen LogP contribution in [0.25, 0.3) is 5.69 Å². The molecule has 0 bridgehead atoms. The molecule has 0 radical (unpaired) electrons. The number of aromatic amines is 1. The topological polar surface area (TPSA) is 118 Å². The van der Waals surface area contributed by atoms with Crippen LogP contribution in [0, 0.1) is 31.6 Å². The van der Waals surface area contributed by atoms with Gasteiger partial charge in [0.15, 0.2) is 5.69 Å². The van der Waals surface area contributed by atoms with E-state index in [1.807, 2.05) is 31.2 Å². The van der Waals surface area contributed by atoms with Crippen molar-refractivity contribution in [2.24, 2.45) is 28.0 Å². The van der Waals surface area contributed by atoms with E-state index in [0.717, 1.165) is 24.8 Å². The molecule has 3 aromatic carbocycles. The van der Waals surface area contributed by atoms with Crippen LogP contribution in [0.15, 0.2) is 87.8 Å². The predicted molar refractivity (Wildman–Crippen MR) is 171 cm³/mol. The molecule has 9 heteroatoms. The SMILES string of the molecule is Cc1ccc(NC(=O)c2ccc(-n3[nH]c(C)c(N=Nc4ccccc4C(=O)OC4CC(C)CCC4C(C)C)c3=O)cc2)cc1. The van der Waals surface area contributed by atoms with E-state index in [9.17, 15) is 14.4 Å². The highest BCUT2D eigenvalue weighted by Gasteiger charge is 2.34. The highest BCUT2D eigenvalue weighted by molar-refractivity contribution is 6.04. The van der Waals surface area contributed by atoms with Gasteiger partial charge in [-0.3, -0.25) is 14.7 Å². The Morgan fingerprint density at radius 1 is 0.955 bits per heavy atom. The molecule has 3 atom stereocenters. The summed E-state index contributed by atoms with van der Waals surface area (Å²) in [4.78, 5) is 39.3. The number of azo groups is 1. The summed E-state index contributed by atoms with van der Waals surface area (Å²) in [6.07, 6.45) is 2.89. The standard InChI is InChI=1S/C35H39N5O4/c1-21(2)28-19-12-23(4)20-31(28)44-35(43)29-8-6-7-9-30(29)37-38-32-24(5)39-40(34(32)42)27-17-13-25(14-18-27)33(41)36-26-15-10-22(3)11-16-26/h6-11,13-18,21,23,28,31,39H,12,19-20H2,1-5H3,(H,36,41). The van der Waals surface area contributed by atoms with Crippen LogP contribution in [0.1, 0.15) is 72.0 Å². The first-order valence-electron chi connectivity index (χ1n) is 15.1. The summed E-state index contributed by atoms with van der Waals surface area (Å²) < 4.78 is 7.40. The summed E-state index contributed by atoms with van der Waals surface area (Å²) in [5.74, 6) is 0.560. The van der Waals surface area contributed by atoms with Gasteiger partial charge in [0.05, 0.1) is 16.9 Å². The Labute approximate surface area is 257 Å². The van der Waals surface area contributed by atoms with Crippen molar-refractivity contribution in [1.82, 2.24) is 9.78 Å². The lowest BCUT2D eigenvalue weighted by molar-refractivity contribution is -0.0173. The third kappa shape index (κ3) is 6.88. The number of amides is 1. The fraction of sp³-hybridized carbons (Fsp3) is 0.343. The number of hydrogen-bond donors (Lipinski definition) is 2. The molecule has 1 aliphatic rings. The van der Waals surface area contributed by atoms with Crippen LogP contribution < -0.4 is 10.9 Å².